The highest BCUT2D eigenvalue weighted by Crippen LogP contribution is 2.31. The van der Waals surface area contributed by atoms with E-state index in [9.17, 15) is 4.79 Å². The molecule has 0 aliphatic rings. The fourth-order valence-electron chi connectivity index (χ4n) is 1.68. The summed E-state index contributed by atoms with van der Waals surface area (Å²) in [5, 5.41) is 0. The quantitative estimate of drug-likeness (QED) is 0.815. The van der Waals surface area contributed by atoms with Crippen molar-refractivity contribution in [2.24, 2.45) is 5.73 Å². The van der Waals surface area contributed by atoms with Crippen LogP contribution in [0.2, 0.25) is 0 Å². The van der Waals surface area contributed by atoms with Gasteiger partial charge in [-0.05, 0) is 12.1 Å². The molecule has 0 aromatic heterocycles. The molecule has 0 spiro atoms. The van der Waals surface area contributed by atoms with Gasteiger partial charge < -0.3 is 24.8 Å². The molecule has 20 heavy (non-hydrogen) atoms. The molecule has 6 nitrogen and oxygen atoms in total. The molecule has 7 heteroatoms. The van der Waals surface area contributed by atoms with Gasteiger partial charge in [0.25, 0.3) is 0 Å². The number of halogens is 1. The number of carbonyl (C=O) groups is 1. The Morgan fingerprint density at radius 1 is 1.20 bits per heavy atom. The summed E-state index contributed by atoms with van der Waals surface area (Å²) in [5.74, 6) is 0.995. The van der Waals surface area contributed by atoms with Crippen LogP contribution in [-0.2, 0) is 9.53 Å². The monoisotopic (exact) mass is 304 g/mol. The Labute approximate surface area is 125 Å². The molecule has 0 saturated heterocycles. The van der Waals surface area contributed by atoms with Crippen LogP contribution in [0.4, 0.5) is 5.69 Å². The lowest BCUT2D eigenvalue weighted by Gasteiger charge is -2.23. The number of rotatable bonds is 7. The largest absolute Gasteiger partial charge is 0.493 e. The van der Waals surface area contributed by atoms with Gasteiger partial charge in [0.05, 0.1) is 27.4 Å². The molecule has 2 N–H and O–H groups in total. The number of methoxy groups -OCH3 is 3. The molecule has 0 saturated carbocycles. The number of nitrogens with two attached hydrogens (primary N) is 1. The number of carbonyl (C=O) groups excluding carboxylic acids is 1. The van der Waals surface area contributed by atoms with Gasteiger partial charge in [-0.1, -0.05) is 0 Å². The van der Waals surface area contributed by atoms with E-state index in [0.717, 1.165) is 0 Å². The van der Waals surface area contributed by atoms with Crippen LogP contribution in [0.5, 0.6) is 11.5 Å². The van der Waals surface area contributed by atoms with Gasteiger partial charge in [-0.25, -0.2) is 0 Å². The van der Waals surface area contributed by atoms with Crippen molar-refractivity contribution in [2.75, 3.05) is 45.9 Å². The second-order valence-electron chi connectivity index (χ2n) is 3.78. The van der Waals surface area contributed by atoms with E-state index in [4.69, 9.17) is 19.9 Å². The van der Waals surface area contributed by atoms with E-state index in [0.29, 0.717) is 30.3 Å². The Balaban J connectivity index is 0.00000361. The number of hydrogen-bond acceptors (Lipinski definition) is 5. The Morgan fingerprint density at radius 3 is 2.35 bits per heavy atom. The fraction of sp³-hybridized carbons (Fsp3) is 0.462. The van der Waals surface area contributed by atoms with Gasteiger partial charge in [0, 0.05) is 25.4 Å². The SMILES string of the molecule is COCCN(C(=O)CN)c1ccc(OC)c(OC)c1.Cl. The van der Waals surface area contributed by atoms with Gasteiger partial charge in [-0.2, -0.15) is 0 Å². The molecule has 114 valence electrons. The van der Waals surface area contributed by atoms with Crippen LogP contribution >= 0.6 is 12.4 Å². The van der Waals surface area contributed by atoms with E-state index >= 15 is 0 Å². The Morgan fingerprint density at radius 2 is 1.85 bits per heavy atom. The summed E-state index contributed by atoms with van der Waals surface area (Å²) in [6.45, 7) is 0.806. The first-order valence-electron chi connectivity index (χ1n) is 5.89. The van der Waals surface area contributed by atoms with Crippen LogP contribution in [0.1, 0.15) is 0 Å². The minimum Gasteiger partial charge on any atom is -0.493 e. The van der Waals surface area contributed by atoms with Gasteiger partial charge in [0.2, 0.25) is 5.91 Å². The second-order valence-corrected chi connectivity index (χ2v) is 3.78. The van der Waals surface area contributed by atoms with Gasteiger partial charge in [-0.3, -0.25) is 4.79 Å². The van der Waals surface area contributed by atoms with Crippen molar-refractivity contribution in [3.05, 3.63) is 18.2 Å². The molecular weight excluding hydrogens is 284 g/mol. The summed E-state index contributed by atoms with van der Waals surface area (Å²) in [7, 11) is 4.69. The standard InChI is InChI=1S/C13H20N2O4.ClH/c1-17-7-6-15(13(16)9-14)10-4-5-11(18-2)12(8-10)19-3;/h4-5,8H,6-7,9,14H2,1-3H3;1H. The van der Waals surface area contributed by atoms with Gasteiger partial charge in [0.1, 0.15) is 0 Å². The summed E-state index contributed by atoms with van der Waals surface area (Å²) >= 11 is 0. The topological polar surface area (TPSA) is 74.0 Å². The maximum Gasteiger partial charge on any atom is 0.240 e. The van der Waals surface area contributed by atoms with Crippen LogP contribution in [0.15, 0.2) is 18.2 Å². The lowest BCUT2D eigenvalue weighted by Crippen LogP contribution is -2.38. The number of anilines is 1. The molecule has 0 radical (unpaired) electrons. The first-order valence-corrected chi connectivity index (χ1v) is 5.89. The number of benzene rings is 1. The zero-order chi connectivity index (χ0) is 14.3. The van der Waals surface area contributed by atoms with Crippen molar-refractivity contribution in [3.8, 4) is 11.5 Å². The molecule has 0 unspecified atom stereocenters. The van der Waals surface area contributed by atoms with Crippen molar-refractivity contribution >= 4 is 24.0 Å². The summed E-state index contributed by atoms with van der Waals surface area (Å²) < 4.78 is 15.4. The minimum atomic E-state index is -0.177. The third-order valence-electron chi connectivity index (χ3n) is 2.67. The normalized spacial score (nSPS) is 9.60. The van der Waals surface area contributed by atoms with E-state index in [1.807, 2.05) is 0 Å². The van der Waals surface area contributed by atoms with Crippen LogP contribution < -0.4 is 20.1 Å². The number of nitrogens with zero attached hydrogens (tertiary/aromatic N) is 1. The number of hydrogen-bond donors (Lipinski definition) is 1. The average Bonchev–Trinajstić information content (AvgIpc) is 2.46. The Bertz CT molecular complexity index is 429. The van der Waals surface area contributed by atoms with Crippen molar-refractivity contribution < 1.29 is 19.0 Å². The lowest BCUT2D eigenvalue weighted by atomic mass is 10.2. The molecular formula is C13H21ClN2O4. The molecule has 1 amide bonds. The number of amides is 1. The van der Waals surface area contributed by atoms with Crippen LogP contribution in [-0.4, -0.2) is 46.9 Å². The van der Waals surface area contributed by atoms with Crippen LogP contribution in [0, 0.1) is 0 Å². The summed E-state index contributed by atoms with van der Waals surface area (Å²) in [5.41, 5.74) is 6.12. The highest BCUT2D eigenvalue weighted by Gasteiger charge is 2.16. The fourth-order valence-corrected chi connectivity index (χ4v) is 1.68. The third-order valence-corrected chi connectivity index (χ3v) is 2.67. The van der Waals surface area contributed by atoms with Crippen LogP contribution in [0.25, 0.3) is 0 Å². The van der Waals surface area contributed by atoms with E-state index < -0.39 is 0 Å². The highest BCUT2D eigenvalue weighted by molar-refractivity contribution is 5.95. The third kappa shape index (κ3) is 4.56. The van der Waals surface area contributed by atoms with E-state index in [2.05, 4.69) is 0 Å². The molecule has 1 rings (SSSR count). The maximum absolute atomic E-state index is 11.8. The molecule has 1 aromatic rings. The summed E-state index contributed by atoms with van der Waals surface area (Å²) in [4.78, 5) is 13.4. The molecule has 0 fully saturated rings. The van der Waals surface area contributed by atoms with Gasteiger partial charge in [0.15, 0.2) is 11.5 Å². The minimum absolute atomic E-state index is 0. The van der Waals surface area contributed by atoms with Crippen molar-refractivity contribution in [2.45, 2.75) is 0 Å². The lowest BCUT2D eigenvalue weighted by molar-refractivity contribution is -0.117. The summed E-state index contributed by atoms with van der Waals surface area (Å²) in [6, 6.07) is 5.27. The Hall–Kier alpha value is -1.50. The van der Waals surface area contributed by atoms with Crippen molar-refractivity contribution in [1.82, 2.24) is 0 Å². The zero-order valence-corrected chi connectivity index (χ0v) is 12.7. The molecule has 0 aliphatic carbocycles. The second kappa shape index (κ2) is 9.41. The highest BCUT2D eigenvalue weighted by atomic mass is 35.5. The molecule has 0 aliphatic heterocycles. The van der Waals surface area contributed by atoms with E-state index in [1.54, 1.807) is 44.4 Å². The first-order chi connectivity index (χ1) is 9.17. The predicted octanol–water partition coefficient (Wildman–Crippen LogP) is 1.06. The van der Waals surface area contributed by atoms with Crippen molar-refractivity contribution in [3.63, 3.8) is 0 Å². The molecule has 0 bridgehead atoms. The van der Waals surface area contributed by atoms with E-state index in [1.165, 1.54) is 0 Å². The van der Waals surface area contributed by atoms with Gasteiger partial charge in [-0.15, -0.1) is 12.4 Å². The van der Waals surface area contributed by atoms with Crippen molar-refractivity contribution in [1.29, 1.82) is 0 Å². The number of ether oxygens (including phenoxy) is 3. The predicted molar refractivity (Wildman–Crippen MR) is 80.1 cm³/mol. The maximum atomic E-state index is 11.8. The first kappa shape index (κ1) is 18.5. The van der Waals surface area contributed by atoms with E-state index in [-0.39, 0.29) is 24.9 Å². The van der Waals surface area contributed by atoms with Crippen LogP contribution in [0.3, 0.4) is 0 Å². The smallest absolute Gasteiger partial charge is 0.240 e. The Kier molecular flexibility index (Phi) is 8.71. The molecule has 1 aromatic carbocycles. The molecule has 0 heterocycles. The zero-order valence-electron chi connectivity index (χ0n) is 11.9. The molecule has 0 atom stereocenters. The summed E-state index contributed by atoms with van der Waals surface area (Å²) in [6.07, 6.45) is 0. The average molecular weight is 305 g/mol. The van der Waals surface area contributed by atoms with Gasteiger partial charge >= 0.3 is 0 Å².